The number of carbonyl (C=O) groups excluding carboxylic acids is 1. The summed E-state index contributed by atoms with van der Waals surface area (Å²) in [6.07, 6.45) is 0.0707. The fraction of sp³-hybridized carbons (Fsp3) is 0.571. The Hall–Kier alpha value is 0.660. The van der Waals surface area contributed by atoms with Crippen LogP contribution in [-0.4, -0.2) is 21.7 Å². The van der Waals surface area contributed by atoms with Gasteiger partial charge in [-0.3, -0.25) is 0 Å². The van der Waals surface area contributed by atoms with Crippen molar-refractivity contribution >= 4 is 64.0 Å². The second-order valence-corrected chi connectivity index (χ2v) is 6.01. The monoisotopic (exact) mass is 298 g/mol. The van der Waals surface area contributed by atoms with Crippen molar-refractivity contribution < 1.29 is 9.53 Å². The molecular weight excluding hydrogens is 293 g/mol. The van der Waals surface area contributed by atoms with Crippen LogP contribution in [0.1, 0.15) is 6.42 Å². The third kappa shape index (κ3) is 8.01. The summed E-state index contributed by atoms with van der Waals surface area (Å²) in [4.78, 5) is 10.8. The van der Waals surface area contributed by atoms with Crippen LogP contribution in [0.5, 0.6) is 0 Å². The molecule has 0 aromatic heterocycles. The van der Waals surface area contributed by atoms with E-state index < -0.39 is 15.1 Å². The van der Waals surface area contributed by atoms with E-state index in [0.717, 1.165) is 0 Å². The first kappa shape index (κ1) is 14.7. The Morgan fingerprint density at radius 2 is 1.93 bits per heavy atom. The molecule has 0 rings (SSSR count). The lowest BCUT2D eigenvalue weighted by atomic mass is 10.3. The summed E-state index contributed by atoms with van der Waals surface area (Å²) < 4.78 is 3.17. The first-order valence-corrected chi connectivity index (χ1v) is 5.39. The smallest absolute Gasteiger partial charge is 0.349 e. The van der Waals surface area contributed by atoms with E-state index in [0.29, 0.717) is 0 Å². The lowest BCUT2D eigenvalue weighted by Gasteiger charge is -2.15. The molecule has 0 fully saturated rings. The zero-order chi connectivity index (χ0) is 11.4. The minimum absolute atomic E-state index is 0.0707. The largest absolute Gasteiger partial charge is 0.460 e. The van der Waals surface area contributed by atoms with Crippen LogP contribution in [0, 0.1) is 0 Å². The minimum Gasteiger partial charge on any atom is -0.460 e. The molecule has 0 N–H and O–H groups in total. The number of ether oxygens (including phenoxy) is 1. The Labute approximate surface area is 107 Å². The zero-order valence-electron chi connectivity index (χ0n) is 6.90. The molecule has 0 aliphatic rings. The van der Waals surface area contributed by atoms with Crippen LogP contribution >= 0.6 is 58.0 Å². The van der Waals surface area contributed by atoms with Crippen LogP contribution in [-0.2, 0) is 9.53 Å². The molecule has 82 valence electrons. The number of hydrogen-bond donors (Lipinski definition) is 0. The Bertz CT molecular complexity index is 223. The van der Waals surface area contributed by atoms with Crippen molar-refractivity contribution in [3.05, 3.63) is 11.6 Å². The topological polar surface area (TPSA) is 26.3 Å². The van der Waals surface area contributed by atoms with E-state index in [4.69, 9.17) is 58.0 Å². The quantitative estimate of drug-likeness (QED) is 0.450. The van der Waals surface area contributed by atoms with Gasteiger partial charge in [0, 0.05) is 6.42 Å². The Kier molecular flexibility index (Phi) is 6.58. The molecule has 0 aliphatic carbocycles. The minimum atomic E-state index is -1.46. The highest BCUT2D eigenvalue weighted by atomic mass is 35.6. The van der Waals surface area contributed by atoms with E-state index in [-0.39, 0.29) is 18.1 Å². The fourth-order valence-corrected chi connectivity index (χ4v) is 1.70. The van der Waals surface area contributed by atoms with Crippen LogP contribution in [0.25, 0.3) is 0 Å². The zero-order valence-corrected chi connectivity index (χ0v) is 10.7. The highest BCUT2D eigenvalue weighted by Gasteiger charge is 2.25. The van der Waals surface area contributed by atoms with Gasteiger partial charge in [0.05, 0.1) is 5.38 Å². The molecule has 0 bridgehead atoms. The molecule has 0 aliphatic heterocycles. The number of halogens is 5. The number of alkyl halides is 4. The molecule has 14 heavy (non-hydrogen) atoms. The second-order valence-electron chi connectivity index (χ2n) is 2.42. The van der Waals surface area contributed by atoms with Gasteiger partial charge in [-0.15, -0.1) is 11.6 Å². The summed E-state index contributed by atoms with van der Waals surface area (Å²) in [5.74, 6) is -0.735. The predicted molar refractivity (Wildman–Crippen MR) is 60.5 cm³/mol. The van der Waals surface area contributed by atoms with Gasteiger partial charge in [0.25, 0.3) is 0 Å². The summed E-state index contributed by atoms with van der Waals surface area (Å²) in [6.45, 7) is 3.09. The lowest BCUT2D eigenvalue weighted by Crippen LogP contribution is -2.19. The van der Waals surface area contributed by atoms with Gasteiger partial charge < -0.3 is 4.74 Å². The molecule has 0 heterocycles. The lowest BCUT2D eigenvalue weighted by molar-refractivity contribution is -0.138. The van der Waals surface area contributed by atoms with Crippen LogP contribution in [0.2, 0.25) is 0 Å². The van der Waals surface area contributed by atoms with E-state index in [2.05, 4.69) is 11.3 Å². The van der Waals surface area contributed by atoms with Crippen molar-refractivity contribution in [3.63, 3.8) is 0 Å². The number of carbonyl (C=O) groups is 1. The molecule has 7 heteroatoms. The molecule has 0 saturated heterocycles. The van der Waals surface area contributed by atoms with Crippen molar-refractivity contribution in [3.8, 4) is 0 Å². The Morgan fingerprint density at radius 3 is 2.29 bits per heavy atom. The van der Waals surface area contributed by atoms with Gasteiger partial charge in [0.15, 0.2) is 3.79 Å². The van der Waals surface area contributed by atoms with Crippen LogP contribution in [0.15, 0.2) is 11.6 Å². The normalized spacial score (nSPS) is 13.5. The summed E-state index contributed by atoms with van der Waals surface area (Å²) in [6, 6.07) is 0. The van der Waals surface area contributed by atoms with Gasteiger partial charge in [-0.25, -0.2) is 4.79 Å². The van der Waals surface area contributed by atoms with Crippen molar-refractivity contribution in [1.82, 2.24) is 0 Å². The second kappa shape index (κ2) is 6.29. The third-order valence-electron chi connectivity index (χ3n) is 1.07. The molecule has 0 saturated carbocycles. The molecule has 1 unspecified atom stereocenters. The van der Waals surface area contributed by atoms with Crippen molar-refractivity contribution in [1.29, 1.82) is 0 Å². The van der Waals surface area contributed by atoms with Crippen LogP contribution in [0.4, 0.5) is 0 Å². The predicted octanol–water partition coefficient (Wildman–Crippen LogP) is 3.65. The van der Waals surface area contributed by atoms with E-state index in [9.17, 15) is 4.79 Å². The van der Waals surface area contributed by atoms with Gasteiger partial charge in [-0.05, 0) is 0 Å². The van der Waals surface area contributed by atoms with Gasteiger partial charge in [0.1, 0.15) is 11.6 Å². The van der Waals surface area contributed by atoms with Crippen molar-refractivity contribution in [2.24, 2.45) is 0 Å². The molecule has 0 amide bonds. The number of hydrogen-bond acceptors (Lipinski definition) is 2. The summed E-state index contributed by atoms with van der Waals surface area (Å²) in [7, 11) is 0. The van der Waals surface area contributed by atoms with Crippen molar-refractivity contribution in [2.45, 2.75) is 15.6 Å². The van der Waals surface area contributed by atoms with Gasteiger partial charge in [-0.1, -0.05) is 53.0 Å². The summed E-state index contributed by atoms with van der Waals surface area (Å²) in [5, 5.41) is -0.801. The Balaban J connectivity index is 3.80. The van der Waals surface area contributed by atoms with Gasteiger partial charge in [-0.2, -0.15) is 0 Å². The standard InChI is InChI=1S/C7H7Cl5O2/c1-4(8)6(13)14-3-5(9)2-7(10,11)12/h5H,1-3H2. The van der Waals surface area contributed by atoms with Crippen LogP contribution < -0.4 is 0 Å². The molecule has 0 aromatic carbocycles. The molecule has 2 nitrogen and oxygen atoms in total. The fourth-order valence-electron chi connectivity index (χ4n) is 0.554. The van der Waals surface area contributed by atoms with Gasteiger partial charge >= 0.3 is 5.97 Å². The third-order valence-corrected chi connectivity index (χ3v) is 1.97. The summed E-state index contributed by atoms with van der Waals surface area (Å²) in [5.41, 5.74) is 0. The molecule has 0 radical (unpaired) electrons. The van der Waals surface area contributed by atoms with E-state index in [1.165, 1.54) is 0 Å². The number of esters is 1. The highest BCUT2D eigenvalue weighted by Crippen LogP contribution is 2.32. The molecular formula is C7H7Cl5O2. The average molecular weight is 300 g/mol. The Morgan fingerprint density at radius 1 is 1.43 bits per heavy atom. The first-order chi connectivity index (χ1) is 6.22. The maximum absolute atomic E-state index is 10.8. The van der Waals surface area contributed by atoms with Crippen molar-refractivity contribution in [2.75, 3.05) is 6.61 Å². The van der Waals surface area contributed by atoms with E-state index in [1.54, 1.807) is 0 Å². The SMILES string of the molecule is C=C(Cl)C(=O)OCC(Cl)CC(Cl)(Cl)Cl. The van der Waals surface area contributed by atoms with E-state index >= 15 is 0 Å². The first-order valence-electron chi connectivity index (χ1n) is 3.44. The summed E-state index contributed by atoms with van der Waals surface area (Å²) >= 11 is 27.4. The average Bonchev–Trinajstić information content (AvgIpc) is 1.96. The molecule has 0 aromatic rings. The maximum atomic E-state index is 10.8. The molecule has 0 spiro atoms. The molecule has 1 atom stereocenters. The van der Waals surface area contributed by atoms with E-state index in [1.807, 2.05) is 0 Å². The maximum Gasteiger partial charge on any atom is 0.349 e. The highest BCUT2D eigenvalue weighted by molar-refractivity contribution is 6.67. The van der Waals surface area contributed by atoms with Gasteiger partial charge in [0.2, 0.25) is 0 Å². The number of rotatable bonds is 4. The van der Waals surface area contributed by atoms with Crippen LogP contribution in [0.3, 0.4) is 0 Å².